The Morgan fingerprint density at radius 1 is 1.07 bits per heavy atom. The number of carbonyl (C=O) groups excluding carboxylic acids is 1. The van der Waals surface area contributed by atoms with E-state index in [-0.39, 0.29) is 17.2 Å². The second-order valence-electron chi connectivity index (χ2n) is 6.28. The molecule has 158 valence electrons. The molecule has 0 fully saturated rings. The number of anilines is 1. The predicted octanol–water partition coefficient (Wildman–Crippen LogP) is 3.62. The van der Waals surface area contributed by atoms with E-state index in [2.05, 4.69) is 10.0 Å². The molecule has 0 saturated heterocycles. The normalized spacial score (nSPS) is 11.2. The number of aryl methyl sites for hydroxylation is 1. The van der Waals surface area contributed by atoms with E-state index in [1.807, 2.05) is 6.92 Å². The lowest BCUT2D eigenvalue weighted by Crippen LogP contribution is -2.24. The lowest BCUT2D eigenvalue weighted by Gasteiger charge is -2.13. The minimum absolute atomic E-state index is 0.206. The van der Waals surface area contributed by atoms with E-state index < -0.39 is 10.0 Å². The van der Waals surface area contributed by atoms with Gasteiger partial charge in [0, 0.05) is 25.1 Å². The quantitative estimate of drug-likeness (QED) is 0.588. The van der Waals surface area contributed by atoms with Gasteiger partial charge in [-0.05, 0) is 30.5 Å². The second-order valence-corrected chi connectivity index (χ2v) is 8.45. The largest absolute Gasteiger partial charge is 0.495 e. The summed E-state index contributed by atoms with van der Waals surface area (Å²) in [6, 6.07) is 9.67. The Morgan fingerprint density at radius 2 is 1.72 bits per heavy atom. The summed E-state index contributed by atoms with van der Waals surface area (Å²) in [5.41, 5.74) is 1.32. The number of methoxy groups -OCH3 is 2. The van der Waals surface area contributed by atoms with Crippen LogP contribution in [0.1, 0.15) is 25.3 Å². The van der Waals surface area contributed by atoms with Gasteiger partial charge in [0.05, 0.1) is 29.8 Å². The molecule has 2 aromatic carbocycles. The first-order valence-electron chi connectivity index (χ1n) is 9.10. The number of hydrogen-bond donors (Lipinski definition) is 2. The van der Waals surface area contributed by atoms with Crippen LogP contribution < -0.4 is 19.5 Å². The van der Waals surface area contributed by atoms with Crippen LogP contribution in [0.4, 0.5) is 5.69 Å². The van der Waals surface area contributed by atoms with E-state index in [1.165, 1.54) is 26.4 Å². The third kappa shape index (κ3) is 6.35. The molecular formula is C20H25ClN2O5S. The fourth-order valence-corrected chi connectivity index (χ4v) is 3.95. The average molecular weight is 441 g/mol. The van der Waals surface area contributed by atoms with E-state index in [0.29, 0.717) is 35.2 Å². The summed E-state index contributed by atoms with van der Waals surface area (Å²) in [7, 11) is -0.523. The van der Waals surface area contributed by atoms with E-state index in [9.17, 15) is 13.2 Å². The maximum absolute atomic E-state index is 12.3. The molecule has 0 radical (unpaired) electrons. The van der Waals surface area contributed by atoms with Crippen molar-refractivity contribution in [3.05, 3.63) is 47.0 Å². The predicted molar refractivity (Wildman–Crippen MR) is 113 cm³/mol. The number of carbonyl (C=O) groups is 1. The number of nitrogens with one attached hydrogen (secondary N) is 2. The van der Waals surface area contributed by atoms with Crippen LogP contribution in [0.3, 0.4) is 0 Å². The molecular weight excluding hydrogens is 416 g/mol. The van der Waals surface area contributed by atoms with Crippen LogP contribution in [-0.2, 0) is 21.2 Å². The van der Waals surface area contributed by atoms with Crippen LogP contribution >= 0.6 is 11.6 Å². The van der Waals surface area contributed by atoms with Crippen LogP contribution in [0.15, 0.2) is 41.3 Å². The lowest BCUT2D eigenvalue weighted by molar-refractivity contribution is -0.116. The first-order valence-corrected chi connectivity index (χ1v) is 11.0. The molecule has 9 heteroatoms. The minimum atomic E-state index is -3.49. The number of amides is 1. The fourth-order valence-electron chi connectivity index (χ4n) is 2.58. The summed E-state index contributed by atoms with van der Waals surface area (Å²) < 4.78 is 37.1. The molecule has 7 nitrogen and oxygen atoms in total. The van der Waals surface area contributed by atoms with Crippen LogP contribution in [0, 0.1) is 0 Å². The van der Waals surface area contributed by atoms with Crippen molar-refractivity contribution in [1.29, 1.82) is 0 Å². The Balaban J connectivity index is 1.99. The SMILES string of the molecule is CCCNS(=O)(=O)c1ccc(CCC(=O)Nc2cc(OC)c(Cl)cc2OC)cc1. The van der Waals surface area contributed by atoms with Gasteiger partial charge >= 0.3 is 0 Å². The highest BCUT2D eigenvalue weighted by Gasteiger charge is 2.14. The van der Waals surface area contributed by atoms with Gasteiger partial charge in [-0.15, -0.1) is 0 Å². The van der Waals surface area contributed by atoms with Gasteiger partial charge in [-0.3, -0.25) is 4.79 Å². The summed E-state index contributed by atoms with van der Waals surface area (Å²) >= 11 is 6.07. The summed E-state index contributed by atoms with van der Waals surface area (Å²) in [5.74, 6) is 0.642. The van der Waals surface area contributed by atoms with Gasteiger partial charge in [0.2, 0.25) is 15.9 Å². The number of ether oxygens (including phenoxy) is 2. The van der Waals surface area contributed by atoms with Crippen molar-refractivity contribution in [2.75, 3.05) is 26.1 Å². The van der Waals surface area contributed by atoms with Crippen molar-refractivity contribution in [1.82, 2.24) is 4.72 Å². The standard InChI is InChI=1S/C20H25ClN2O5S/c1-4-11-22-29(25,26)15-8-5-14(6-9-15)7-10-20(24)23-17-13-18(27-2)16(21)12-19(17)28-3/h5-6,8-9,12-13,22H,4,7,10-11H2,1-3H3,(H,23,24). The van der Waals surface area contributed by atoms with Gasteiger partial charge in [0.25, 0.3) is 0 Å². The molecule has 2 aromatic rings. The van der Waals surface area contributed by atoms with Crippen LogP contribution in [0.25, 0.3) is 0 Å². The second kappa shape index (κ2) is 10.5. The Hall–Kier alpha value is -2.29. The number of hydrogen-bond acceptors (Lipinski definition) is 5. The highest BCUT2D eigenvalue weighted by Crippen LogP contribution is 2.35. The zero-order valence-corrected chi connectivity index (χ0v) is 18.2. The van der Waals surface area contributed by atoms with Crippen molar-refractivity contribution in [2.24, 2.45) is 0 Å². The highest BCUT2D eigenvalue weighted by atomic mass is 35.5. The van der Waals surface area contributed by atoms with E-state index in [4.69, 9.17) is 21.1 Å². The molecule has 2 rings (SSSR count). The van der Waals surface area contributed by atoms with E-state index in [0.717, 1.165) is 12.0 Å². The molecule has 29 heavy (non-hydrogen) atoms. The molecule has 0 aliphatic carbocycles. The zero-order chi connectivity index (χ0) is 21.4. The summed E-state index contributed by atoms with van der Waals surface area (Å²) in [6.45, 7) is 2.29. The van der Waals surface area contributed by atoms with Gasteiger partial charge in [-0.25, -0.2) is 13.1 Å². The maximum Gasteiger partial charge on any atom is 0.240 e. The van der Waals surface area contributed by atoms with Crippen molar-refractivity contribution < 1.29 is 22.7 Å². The van der Waals surface area contributed by atoms with E-state index >= 15 is 0 Å². The van der Waals surface area contributed by atoms with Gasteiger partial charge in [-0.2, -0.15) is 0 Å². The first-order chi connectivity index (χ1) is 13.8. The molecule has 0 heterocycles. The summed E-state index contributed by atoms with van der Waals surface area (Å²) in [4.78, 5) is 12.5. The molecule has 0 atom stereocenters. The van der Waals surface area contributed by atoms with Crippen LogP contribution in [-0.4, -0.2) is 35.1 Å². The molecule has 0 unspecified atom stereocenters. The fraction of sp³-hybridized carbons (Fsp3) is 0.350. The third-order valence-corrected chi connectivity index (χ3v) is 5.94. The maximum atomic E-state index is 12.3. The van der Waals surface area contributed by atoms with Crippen molar-refractivity contribution in [3.8, 4) is 11.5 Å². The molecule has 1 amide bonds. The number of sulfonamides is 1. The van der Waals surface area contributed by atoms with Gasteiger partial charge in [0.15, 0.2) is 0 Å². The smallest absolute Gasteiger partial charge is 0.240 e. The van der Waals surface area contributed by atoms with Crippen LogP contribution in [0.2, 0.25) is 5.02 Å². The van der Waals surface area contributed by atoms with Crippen molar-refractivity contribution in [2.45, 2.75) is 31.1 Å². The van der Waals surface area contributed by atoms with E-state index in [1.54, 1.807) is 24.3 Å². The Bertz CT molecular complexity index is 946. The van der Waals surface area contributed by atoms with Crippen molar-refractivity contribution >= 4 is 33.2 Å². The third-order valence-electron chi connectivity index (χ3n) is 4.16. The first kappa shape index (κ1) is 23.0. The van der Waals surface area contributed by atoms with Gasteiger partial charge in [-0.1, -0.05) is 30.7 Å². The highest BCUT2D eigenvalue weighted by molar-refractivity contribution is 7.89. The Morgan fingerprint density at radius 3 is 2.31 bits per heavy atom. The topological polar surface area (TPSA) is 93.7 Å². The van der Waals surface area contributed by atoms with Gasteiger partial charge < -0.3 is 14.8 Å². The molecule has 2 N–H and O–H groups in total. The molecule has 0 aliphatic rings. The average Bonchev–Trinajstić information content (AvgIpc) is 2.72. The summed E-state index contributed by atoms with van der Waals surface area (Å²) in [5, 5.41) is 3.16. The molecule has 0 aromatic heterocycles. The number of benzene rings is 2. The Labute approximate surface area is 176 Å². The summed E-state index contributed by atoms with van der Waals surface area (Å²) in [6.07, 6.45) is 1.40. The molecule has 0 bridgehead atoms. The van der Waals surface area contributed by atoms with Crippen molar-refractivity contribution in [3.63, 3.8) is 0 Å². The molecule has 0 spiro atoms. The molecule has 0 aliphatic heterocycles. The minimum Gasteiger partial charge on any atom is -0.495 e. The zero-order valence-electron chi connectivity index (χ0n) is 16.6. The molecule has 0 saturated carbocycles. The Kier molecular flexibility index (Phi) is 8.31. The lowest BCUT2D eigenvalue weighted by atomic mass is 10.1. The van der Waals surface area contributed by atoms with Crippen LogP contribution in [0.5, 0.6) is 11.5 Å². The number of rotatable bonds is 10. The number of halogens is 1. The van der Waals surface area contributed by atoms with Gasteiger partial charge in [0.1, 0.15) is 11.5 Å². The monoisotopic (exact) mass is 440 g/mol.